The van der Waals surface area contributed by atoms with E-state index in [4.69, 9.17) is 0 Å². The van der Waals surface area contributed by atoms with Gasteiger partial charge in [-0.2, -0.15) is 0 Å². The van der Waals surface area contributed by atoms with E-state index in [9.17, 15) is 9.90 Å². The Labute approximate surface area is 160 Å². The monoisotopic (exact) mass is 366 g/mol. The van der Waals surface area contributed by atoms with Crippen LogP contribution in [-0.2, 0) is 4.79 Å². The zero-order valence-corrected chi connectivity index (χ0v) is 14.6. The minimum atomic E-state index is 0.490. The van der Waals surface area contributed by atoms with Gasteiger partial charge in [-0.1, -0.05) is 0 Å². The topological polar surface area (TPSA) is 90.2 Å². The molecule has 4 aliphatic heterocycles. The number of carbonyl (C=O) groups is 1. The molecule has 6 nitrogen and oxygen atoms in total. The molecule has 2 N–H and O–H groups in total. The van der Waals surface area contributed by atoms with Crippen LogP contribution in [0, 0.1) is 0 Å². The minimum Gasteiger partial charge on any atom is -0.515 e. The number of carbonyl (C=O) groups excluding carboxylic acids is 1. The Bertz CT molecular complexity index is 1220. The Kier molecular flexibility index (Phi) is 3.62. The quantitative estimate of drug-likeness (QED) is 0.587. The summed E-state index contributed by atoms with van der Waals surface area (Å²) in [5.74, 6) is 0. The molecule has 0 unspecified atom stereocenters. The fourth-order valence-electron chi connectivity index (χ4n) is 3.31. The highest BCUT2D eigenvalue weighted by Crippen LogP contribution is 2.26. The van der Waals surface area contributed by atoms with Crippen LogP contribution in [0.3, 0.4) is 0 Å². The van der Waals surface area contributed by atoms with Gasteiger partial charge in [-0.3, -0.25) is 4.79 Å². The summed E-state index contributed by atoms with van der Waals surface area (Å²) in [6, 6.07) is 3.73. The summed E-state index contributed by atoms with van der Waals surface area (Å²) in [6.07, 6.45) is 16.6. The van der Waals surface area contributed by atoms with Crippen molar-refractivity contribution in [3.63, 3.8) is 0 Å². The molecule has 5 rings (SSSR count). The number of H-pyrrole nitrogens is 1. The number of rotatable bonds is 1. The van der Waals surface area contributed by atoms with Crippen molar-refractivity contribution in [2.75, 3.05) is 0 Å². The first kappa shape index (κ1) is 16.1. The van der Waals surface area contributed by atoms with Crippen LogP contribution in [0.15, 0.2) is 98.6 Å². The van der Waals surface area contributed by atoms with Gasteiger partial charge in [0, 0.05) is 5.69 Å². The third-order valence-electron chi connectivity index (χ3n) is 4.66. The molecule has 5 heterocycles. The maximum Gasteiger partial charge on any atom is 0.154 e. The summed E-state index contributed by atoms with van der Waals surface area (Å²) in [7, 11) is 0. The number of nitrogens with zero attached hydrogens (tertiary/aromatic N) is 3. The number of hydrogen-bond acceptors (Lipinski definition) is 5. The number of aliphatic hydroxyl groups excluding tert-OH is 1. The van der Waals surface area contributed by atoms with E-state index in [-0.39, 0.29) is 0 Å². The van der Waals surface area contributed by atoms with Crippen molar-refractivity contribution in [3.8, 4) is 0 Å². The number of hydrogen-bond donors (Lipinski definition) is 2. The molecule has 0 fully saturated rings. The summed E-state index contributed by atoms with van der Waals surface area (Å²) in [5, 5.41) is 9.75. The van der Waals surface area contributed by atoms with E-state index in [1.165, 1.54) is 0 Å². The van der Waals surface area contributed by atoms with E-state index >= 15 is 0 Å². The van der Waals surface area contributed by atoms with Crippen molar-refractivity contribution in [2.45, 2.75) is 0 Å². The van der Waals surface area contributed by atoms with Crippen LogP contribution in [0.4, 0.5) is 0 Å². The van der Waals surface area contributed by atoms with Gasteiger partial charge in [-0.15, -0.1) is 0 Å². The molecule has 0 saturated heterocycles. The number of aromatic nitrogens is 1. The highest BCUT2D eigenvalue weighted by Gasteiger charge is 2.19. The maximum absolute atomic E-state index is 11.7. The smallest absolute Gasteiger partial charge is 0.154 e. The van der Waals surface area contributed by atoms with Crippen LogP contribution in [0.1, 0.15) is 11.4 Å². The predicted octanol–water partition coefficient (Wildman–Crippen LogP) is 3.64. The lowest BCUT2D eigenvalue weighted by atomic mass is 10.1. The number of aliphatic imine (C=N–C) groups is 3. The molecule has 6 heteroatoms. The zero-order valence-electron chi connectivity index (χ0n) is 14.6. The molecule has 0 spiro atoms. The van der Waals surface area contributed by atoms with Crippen LogP contribution in [0.5, 0.6) is 0 Å². The largest absolute Gasteiger partial charge is 0.515 e. The molecule has 28 heavy (non-hydrogen) atoms. The predicted molar refractivity (Wildman–Crippen MR) is 110 cm³/mol. The van der Waals surface area contributed by atoms with Crippen LogP contribution >= 0.6 is 0 Å². The highest BCUT2D eigenvalue weighted by atomic mass is 16.2. The molecule has 4 aliphatic rings. The minimum absolute atomic E-state index is 0.490. The first-order valence-electron chi connectivity index (χ1n) is 8.71. The molecule has 0 atom stereocenters. The van der Waals surface area contributed by atoms with E-state index in [1.54, 1.807) is 0 Å². The average Bonchev–Trinajstić information content (AvgIpc) is 3.47. The van der Waals surface area contributed by atoms with Crippen LogP contribution < -0.4 is 0 Å². The van der Waals surface area contributed by atoms with E-state index in [0.717, 1.165) is 23.9 Å². The fourth-order valence-corrected chi connectivity index (χ4v) is 3.31. The lowest BCUT2D eigenvalue weighted by molar-refractivity contribution is -0.103. The van der Waals surface area contributed by atoms with E-state index < -0.39 is 0 Å². The fraction of sp³-hybridized carbons (Fsp3) is 0. The van der Waals surface area contributed by atoms with E-state index in [0.29, 0.717) is 45.4 Å². The van der Waals surface area contributed by atoms with Crippen molar-refractivity contribution in [1.29, 1.82) is 0 Å². The second kappa shape index (κ2) is 6.28. The number of nitrogens with one attached hydrogen (secondary N) is 1. The van der Waals surface area contributed by atoms with Crippen LogP contribution in [0.2, 0.25) is 0 Å². The van der Waals surface area contributed by atoms with Gasteiger partial charge in [0.25, 0.3) is 0 Å². The van der Waals surface area contributed by atoms with Gasteiger partial charge >= 0.3 is 0 Å². The number of fused-ring (bicyclic) bond motifs is 5. The first-order valence-corrected chi connectivity index (χ1v) is 8.71. The van der Waals surface area contributed by atoms with Crippen LogP contribution in [0.25, 0.3) is 11.6 Å². The molecule has 1 aromatic rings. The third kappa shape index (κ3) is 2.68. The second-order valence-electron chi connectivity index (χ2n) is 6.46. The van der Waals surface area contributed by atoms with Gasteiger partial charge in [-0.05, 0) is 60.7 Å². The summed E-state index contributed by atoms with van der Waals surface area (Å²) in [4.78, 5) is 28.6. The number of allylic oxidation sites excluding steroid dienone is 9. The maximum atomic E-state index is 11.7. The molecule has 134 valence electrons. The van der Waals surface area contributed by atoms with Crippen molar-refractivity contribution >= 4 is 35.1 Å². The lowest BCUT2D eigenvalue weighted by Crippen LogP contribution is -2.07. The summed E-state index contributed by atoms with van der Waals surface area (Å²) < 4.78 is 0. The number of aliphatic hydroxyl groups is 1. The molecule has 0 saturated carbocycles. The van der Waals surface area contributed by atoms with Gasteiger partial charge < -0.3 is 10.1 Å². The molecule has 0 amide bonds. The number of aldehydes is 1. The molecular formula is C22H14N4O2. The molecule has 8 bridgehead atoms. The lowest BCUT2D eigenvalue weighted by Gasteiger charge is -2.02. The normalized spacial score (nSPS) is 21.0. The van der Waals surface area contributed by atoms with Crippen LogP contribution in [-0.4, -0.2) is 33.5 Å². The van der Waals surface area contributed by atoms with E-state index in [2.05, 4.69) is 20.0 Å². The Morgan fingerprint density at radius 2 is 1.61 bits per heavy atom. The summed E-state index contributed by atoms with van der Waals surface area (Å²) in [6.45, 7) is 0. The van der Waals surface area contributed by atoms with Gasteiger partial charge in [0.05, 0.1) is 57.3 Å². The first-order chi connectivity index (χ1) is 13.7. The van der Waals surface area contributed by atoms with Gasteiger partial charge in [0.15, 0.2) is 6.29 Å². The Hall–Kier alpha value is -4.06. The van der Waals surface area contributed by atoms with Crippen molar-refractivity contribution in [2.24, 2.45) is 15.0 Å². The molecule has 1 aromatic heterocycles. The van der Waals surface area contributed by atoms with Crippen molar-refractivity contribution in [3.05, 3.63) is 95.0 Å². The molecular weight excluding hydrogens is 352 g/mol. The standard InChI is InChI=1S/C22H14N4O2/c27-11-17-19-5-1-13(23-19)9-14-2-6-21(24-14)18(12-28)22-8-4-16(26-22)10-15-3-7-20(17)25-15/h1-12,23,28H/b14-9?,16-10?,18-12+,20-17?. The van der Waals surface area contributed by atoms with Crippen molar-refractivity contribution < 1.29 is 9.90 Å². The van der Waals surface area contributed by atoms with Gasteiger partial charge in [0.2, 0.25) is 0 Å². The SMILES string of the molecule is O=CC1=C2C=CC(=N2)C=C2C=CC(=N2)/C(=C/O)C2=NC(=Cc3ccc1[nH]3)C=C2. The van der Waals surface area contributed by atoms with Gasteiger partial charge in [-0.25, -0.2) is 15.0 Å². The van der Waals surface area contributed by atoms with E-state index in [1.807, 2.05) is 60.7 Å². The molecule has 0 aliphatic carbocycles. The third-order valence-corrected chi connectivity index (χ3v) is 4.66. The summed E-state index contributed by atoms with van der Waals surface area (Å²) in [5.41, 5.74) is 6.53. The Morgan fingerprint density at radius 1 is 0.857 bits per heavy atom. The Balaban J connectivity index is 1.72. The molecule has 0 radical (unpaired) electrons. The second-order valence-corrected chi connectivity index (χ2v) is 6.46. The zero-order chi connectivity index (χ0) is 19.1. The van der Waals surface area contributed by atoms with Crippen molar-refractivity contribution in [1.82, 2.24) is 4.98 Å². The average molecular weight is 366 g/mol. The number of aromatic amines is 1. The molecule has 0 aromatic carbocycles. The van der Waals surface area contributed by atoms with Gasteiger partial charge in [0.1, 0.15) is 0 Å². The Morgan fingerprint density at radius 3 is 2.32 bits per heavy atom. The summed E-state index contributed by atoms with van der Waals surface area (Å²) >= 11 is 0. The highest BCUT2D eigenvalue weighted by molar-refractivity contribution is 6.33.